The van der Waals surface area contributed by atoms with Crippen molar-refractivity contribution in [1.29, 1.82) is 0 Å². The third kappa shape index (κ3) is 4.14. The molecule has 1 N–H and O–H groups in total. The Labute approximate surface area is 128 Å². The average Bonchev–Trinajstić information content (AvgIpc) is 2.48. The Hall–Kier alpha value is -1.69. The van der Waals surface area contributed by atoms with Crippen LogP contribution >= 0.6 is 11.6 Å². The van der Waals surface area contributed by atoms with Crippen molar-refractivity contribution in [2.75, 3.05) is 13.1 Å². The van der Waals surface area contributed by atoms with Crippen LogP contribution in [0, 0.1) is 5.92 Å². The van der Waals surface area contributed by atoms with E-state index in [1.54, 1.807) is 17.0 Å². The van der Waals surface area contributed by atoms with Crippen LogP contribution in [0.4, 0.5) is 0 Å². The zero-order valence-electron chi connectivity index (χ0n) is 12.2. The molecule has 1 aromatic rings. The summed E-state index contributed by atoms with van der Waals surface area (Å²) in [6.45, 7) is 4.94. The molecule has 1 aliphatic rings. The lowest BCUT2D eigenvalue weighted by Crippen LogP contribution is -2.47. The van der Waals surface area contributed by atoms with Crippen molar-refractivity contribution in [2.45, 2.75) is 32.7 Å². The second-order valence-electron chi connectivity index (χ2n) is 5.47. The van der Waals surface area contributed by atoms with E-state index in [1.165, 1.54) is 0 Å². The number of piperidine rings is 1. The quantitative estimate of drug-likeness (QED) is 0.918. The lowest BCUT2D eigenvalue weighted by molar-refractivity contribution is -0.124. The highest BCUT2D eigenvalue weighted by atomic mass is 35.5. The molecule has 21 heavy (non-hydrogen) atoms. The predicted octanol–water partition coefficient (Wildman–Crippen LogP) is 1.51. The molecular formula is C14H19ClN4O2. The number of hydrogen-bond donors (Lipinski definition) is 1. The van der Waals surface area contributed by atoms with Crippen LogP contribution in [-0.2, 0) is 4.79 Å². The van der Waals surface area contributed by atoms with E-state index in [0.717, 1.165) is 12.8 Å². The number of amides is 2. The van der Waals surface area contributed by atoms with Gasteiger partial charge in [0.25, 0.3) is 5.91 Å². The Kier molecular flexibility index (Phi) is 5.12. The molecule has 2 amide bonds. The van der Waals surface area contributed by atoms with Gasteiger partial charge in [-0.1, -0.05) is 25.4 Å². The molecule has 114 valence electrons. The van der Waals surface area contributed by atoms with Crippen LogP contribution in [0.15, 0.2) is 12.1 Å². The fraction of sp³-hybridized carbons (Fsp3) is 0.571. The number of rotatable bonds is 3. The van der Waals surface area contributed by atoms with Crippen molar-refractivity contribution >= 4 is 23.4 Å². The van der Waals surface area contributed by atoms with Gasteiger partial charge < -0.3 is 10.2 Å². The molecule has 1 fully saturated rings. The summed E-state index contributed by atoms with van der Waals surface area (Å²) in [6, 6.07) is 3.27. The molecular weight excluding hydrogens is 292 g/mol. The van der Waals surface area contributed by atoms with Gasteiger partial charge in [0.2, 0.25) is 5.91 Å². The summed E-state index contributed by atoms with van der Waals surface area (Å²) in [7, 11) is 0. The van der Waals surface area contributed by atoms with Gasteiger partial charge in [-0.15, -0.1) is 10.2 Å². The van der Waals surface area contributed by atoms with Crippen molar-refractivity contribution in [3.63, 3.8) is 0 Å². The number of carbonyl (C=O) groups is 2. The molecule has 1 aliphatic heterocycles. The van der Waals surface area contributed by atoms with Crippen molar-refractivity contribution < 1.29 is 9.59 Å². The summed E-state index contributed by atoms with van der Waals surface area (Å²) >= 11 is 5.66. The van der Waals surface area contributed by atoms with Crippen LogP contribution in [0.5, 0.6) is 0 Å². The van der Waals surface area contributed by atoms with Gasteiger partial charge >= 0.3 is 0 Å². The highest BCUT2D eigenvalue weighted by molar-refractivity contribution is 6.29. The summed E-state index contributed by atoms with van der Waals surface area (Å²) < 4.78 is 0. The minimum Gasteiger partial charge on any atom is -0.353 e. The molecule has 1 aromatic heterocycles. The number of nitrogens with one attached hydrogen (secondary N) is 1. The van der Waals surface area contributed by atoms with E-state index in [-0.39, 0.29) is 28.9 Å². The predicted molar refractivity (Wildman–Crippen MR) is 78.9 cm³/mol. The Morgan fingerprint density at radius 2 is 1.95 bits per heavy atom. The van der Waals surface area contributed by atoms with Gasteiger partial charge in [0, 0.05) is 25.0 Å². The maximum atomic E-state index is 12.2. The molecule has 0 saturated carbocycles. The van der Waals surface area contributed by atoms with Crippen LogP contribution in [0.2, 0.25) is 5.15 Å². The van der Waals surface area contributed by atoms with Gasteiger partial charge in [-0.25, -0.2) is 0 Å². The largest absolute Gasteiger partial charge is 0.353 e. The molecule has 2 rings (SSSR count). The molecule has 0 aromatic carbocycles. The van der Waals surface area contributed by atoms with Crippen LogP contribution in [0.25, 0.3) is 0 Å². The molecule has 2 heterocycles. The van der Waals surface area contributed by atoms with Crippen molar-refractivity contribution in [3.8, 4) is 0 Å². The normalized spacial score (nSPS) is 16.1. The van der Waals surface area contributed by atoms with Crippen molar-refractivity contribution in [1.82, 2.24) is 20.4 Å². The van der Waals surface area contributed by atoms with E-state index in [9.17, 15) is 9.59 Å². The Morgan fingerprint density at radius 1 is 1.29 bits per heavy atom. The highest BCUT2D eigenvalue weighted by Crippen LogP contribution is 2.14. The number of halogens is 1. The van der Waals surface area contributed by atoms with E-state index < -0.39 is 0 Å². The Balaban J connectivity index is 1.87. The smallest absolute Gasteiger partial charge is 0.274 e. The fourth-order valence-corrected chi connectivity index (χ4v) is 2.29. The van der Waals surface area contributed by atoms with Gasteiger partial charge in [0.05, 0.1) is 0 Å². The topological polar surface area (TPSA) is 75.2 Å². The first kappa shape index (κ1) is 15.7. The SMILES string of the molecule is CC(C)C(=O)NC1CCN(C(=O)c2ccc(Cl)nn2)CC1. The molecule has 6 nitrogen and oxygen atoms in total. The zero-order chi connectivity index (χ0) is 15.4. The van der Waals surface area contributed by atoms with E-state index in [4.69, 9.17) is 11.6 Å². The summed E-state index contributed by atoms with van der Waals surface area (Å²) in [4.78, 5) is 25.6. The lowest BCUT2D eigenvalue weighted by Gasteiger charge is -2.32. The first-order chi connectivity index (χ1) is 9.97. The summed E-state index contributed by atoms with van der Waals surface area (Å²) in [6.07, 6.45) is 1.51. The lowest BCUT2D eigenvalue weighted by atomic mass is 10.0. The van der Waals surface area contributed by atoms with E-state index in [1.807, 2.05) is 13.8 Å². The molecule has 0 spiro atoms. The van der Waals surface area contributed by atoms with Gasteiger partial charge in [-0.3, -0.25) is 9.59 Å². The average molecular weight is 311 g/mol. The van der Waals surface area contributed by atoms with Crippen LogP contribution in [-0.4, -0.2) is 46.0 Å². The third-order valence-electron chi connectivity index (χ3n) is 3.50. The second-order valence-corrected chi connectivity index (χ2v) is 5.86. The minimum atomic E-state index is -0.146. The molecule has 0 bridgehead atoms. The highest BCUT2D eigenvalue weighted by Gasteiger charge is 2.25. The Bertz CT molecular complexity index is 510. The van der Waals surface area contributed by atoms with Crippen molar-refractivity contribution in [2.24, 2.45) is 5.92 Å². The zero-order valence-corrected chi connectivity index (χ0v) is 12.9. The van der Waals surface area contributed by atoms with E-state index >= 15 is 0 Å². The number of nitrogens with zero attached hydrogens (tertiary/aromatic N) is 3. The second kappa shape index (κ2) is 6.85. The summed E-state index contributed by atoms with van der Waals surface area (Å²) in [5, 5.41) is 10.7. The standard InChI is InChI=1S/C14H19ClN4O2/c1-9(2)13(20)16-10-5-7-19(8-6-10)14(21)11-3-4-12(15)18-17-11/h3-4,9-10H,5-8H2,1-2H3,(H,16,20). The van der Waals surface area contributed by atoms with Gasteiger partial charge in [0.15, 0.2) is 10.8 Å². The molecule has 0 atom stereocenters. The van der Waals surface area contributed by atoms with E-state index in [2.05, 4.69) is 15.5 Å². The fourth-order valence-electron chi connectivity index (χ4n) is 2.19. The van der Waals surface area contributed by atoms with Crippen molar-refractivity contribution in [3.05, 3.63) is 23.0 Å². The molecule has 1 saturated heterocycles. The number of likely N-dealkylation sites (tertiary alicyclic amines) is 1. The molecule has 7 heteroatoms. The number of aromatic nitrogens is 2. The van der Waals surface area contributed by atoms with Gasteiger partial charge in [-0.05, 0) is 25.0 Å². The first-order valence-corrected chi connectivity index (χ1v) is 7.44. The monoisotopic (exact) mass is 310 g/mol. The minimum absolute atomic E-state index is 0.0194. The molecule has 0 unspecified atom stereocenters. The summed E-state index contributed by atoms with van der Waals surface area (Å²) in [5.74, 6) is -0.106. The van der Waals surface area contributed by atoms with Crippen LogP contribution in [0.1, 0.15) is 37.2 Å². The third-order valence-corrected chi connectivity index (χ3v) is 3.71. The first-order valence-electron chi connectivity index (χ1n) is 7.06. The van der Waals surface area contributed by atoms with Gasteiger partial charge in [-0.2, -0.15) is 0 Å². The van der Waals surface area contributed by atoms with Crippen LogP contribution < -0.4 is 5.32 Å². The van der Waals surface area contributed by atoms with Crippen LogP contribution in [0.3, 0.4) is 0 Å². The number of carbonyl (C=O) groups excluding carboxylic acids is 2. The number of hydrogen-bond acceptors (Lipinski definition) is 4. The summed E-state index contributed by atoms with van der Waals surface area (Å²) in [5.41, 5.74) is 0.295. The van der Waals surface area contributed by atoms with Gasteiger partial charge in [0.1, 0.15) is 0 Å². The van der Waals surface area contributed by atoms with E-state index in [0.29, 0.717) is 18.8 Å². The maximum absolute atomic E-state index is 12.2. The molecule has 0 radical (unpaired) electrons. The molecule has 0 aliphatic carbocycles. The Morgan fingerprint density at radius 3 is 2.48 bits per heavy atom. The maximum Gasteiger partial charge on any atom is 0.274 e.